The van der Waals surface area contributed by atoms with Gasteiger partial charge in [-0.05, 0) is 50.8 Å². The number of hydrogen-bond acceptors (Lipinski definition) is 5. The number of benzene rings is 1. The fourth-order valence-electron chi connectivity index (χ4n) is 4.01. The molecule has 0 bridgehead atoms. The molecule has 1 aromatic carbocycles. The highest BCUT2D eigenvalue weighted by Gasteiger charge is 2.27. The Kier molecular flexibility index (Phi) is 9.04. The van der Waals surface area contributed by atoms with Crippen molar-refractivity contribution >= 4 is 55.9 Å². The number of anilines is 1. The second-order valence-corrected chi connectivity index (χ2v) is 24.5. The minimum Gasteiger partial charge on any atom is -0.368 e. The average Bonchev–Trinajstić information content (AvgIpc) is 3.60. The first-order chi connectivity index (χ1) is 16.8. The summed E-state index contributed by atoms with van der Waals surface area (Å²) in [5, 5.41) is 6.16. The summed E-state index contributed by atoms with van der Waals surface area (Å²) in [7, 11) is 0. The van der Waals surface area contributed by atoms with Gasteiger partial charge in [0.25, 0.3) is 5.56 Å². The van der Waals surface area contributed by atoms with Crippen molar-refractivity contribution in [2.24, 2.45) is 11.7 Å². The first kappa shape index (κ1) is 28.4. The monoisotopic (exact) mass is 628 g/mol. The van der Waals surface area contributed by atoms with E-state index < -0.39 is 17.5 Å². The highest BCUT2D eigenvalue weighted by molar-refractivity contribution is 14.1. The third-order valence-corrected chi connectivity index (χ3v) is 5.88. The Bertz CT molecular complexity index is 1240. The predicted molar refractivity (Wildman–Crippen MR) is 155 cm³/mol. The molecule has 0 radical (unpaired) electrons. The molecule has 1 aromatic heterocycles. The number of piperazine rings is 1. The molecule has 2 aliphatic rings. The van der Waals surface area contributed by atoms with Crippen LogP contribution >= 0.6 is 21.8 Å². The highest BCUT2D eigenvalue weighted by atomic mass is 127. The van der Waals surface area contributed by atoms with Crippen LogP contribution < -0.4 is 27.6 Å². The number of amides is 3. The van der Waals surface area contributed by atoms with Crippen molar-refractivity contribution in [2.45, 2.75) is 65.0 Å². The van der Waals surface area contributed by atoms with Gasteiger partial charge in [-0.2, -0.15) is 0 Å². The van der Waals surface area contributed by atoms with E-state index in [2.05, 4.69) is 52.1 Å². The summed E-state index contributed by atoms with van der Waals surface area (Å²) in [6, 6.07) is 3.91. The van der Waals surface area contributed by atoms with E-state index in [-0.39, 0.29) is 29.9 Å². The van der Waals surface area contributed by atoms with Crippen molar-refractivity contribution in [1.29, 1.82) is 0 Å². The minimum atomic E-state index is -0.641. The summed E-state index contributed by atoms with van der Waals surface area (Å²) in [5.74, 6) is -0.136. The molecule has 1 atom stereocenters. The molecule has 1 saturated heterocycles. The molecule has 198 valence electrons. The summed E-state index contributed by atoms with van der Waals surface area (Å²) in [5.41, 5.74) is 5.07. The number of aromatic nitrogens is 2. The molecular formula is C24H37IN6O4Si. The van der Waals surface area contributed by atoms with E-state index in [1.54, 1.807) is 22.8 Å². The van der Waals surface area contributed by atoms with Gasteiger partial charge in [-0.25, -0.2) is 9.59 Å². The maximum Gasteiger partial charge on any atom is 0.331 e. The Morgan fingerprint density at radius 3 is 2.42 bits per heavy atom. The zero-order chi connectivity index (χ0) is 26.8. The fraction of sp³-hybridized carbons (Fsp3) is 0.583. The molecule has 4 N–H and O–H groups in total. The Hall–Kier alpha value is -2.19. The maximum absolute atomic E-state index is 13.1. The Labute approximate surface area is 224 Å². The van der Waals surface area contributed by atoms with Gasteiger partial charge in [0.1, 0.15) is 11.6 Å². The standard InChI is InChI=1S/C21H28N6O4.C3H9ISi/c1-12(2)27-17-6-5-14(24-20(30)25-8-7-23-16(11-25)18(22)28)9-15(17)19(29)26(21(27)31)10-13-3-4-13;1-5(2,3)4/h5-6,9,12-13,16,23H,3-4,7-8,10-11H2,1-2H3,(H2,22,28)(H,24,30);1-3H3. The molecule has 36 heavy (non-hydrogen) atoms. The molecule has 0 spiro atoms. The lowest BCUT2D eigenvalue weighted by Crippen LogP contribution is -2.58. The van der Waals surface area contributed by atoms with Crippen molar-refractivity contribution in [1.82, 2.24) is 19.4 Å². The van der Waals surface area contributed by atoms with Crippen molar-refractivity contribution in [3.8, 4) is 0 Å². The van der Waals surface area contributed by atoms with Crippen LogP contribution in [0.3, 0.4) is 0 Å². The van der Waals surface area contributed by atoms with Crippen molar-refractivity contribution < 1.29 is 9.59 Å². The fourth-order valence-corrected chi connectivity index (χ4v) is 4.01. The molecule has 3 amide bonds. The van der Waals surface area contributed by atoms with Crippen LogP contribution in [0, 0.1) is 5.92 Å². The Balaban J connectivity index is 0.000000658. The number of fused-ring (bicyclic) bond motifs is 1. The lowest BCUT2D eigenvalue weighted by Gasteiger charge is -2.32. The van der Waals surface area contributed by atoms with Gasteiger partial charge in [0.2, 0.25) is 5.91 Å². The first-order valence-corrected chi connectivity index (χ1v) is 18.9. The van der Waals surface area contributed by atoms with Crippen LogP contribution in [0.1, 0.15) is 32.7 Å². The number of nitrogens with two attached hydrogens (primary N) is 1. The van der Waals surface area contributed by atoms with Crippen LogP contribution in [0.15, 0.2) is 27.8 Å². The van der Waals surface area contributed by atoms with Gasteiger partial charge in [0.15, 0.2) is 0 Å². The number of nitrogens with one attached hydrogen (secondary N) is 2. The second kappa shape index (κ2) is 11.5. The second-order valence-electron chi connectivity index (χ2n) is 10.7. The van der Waals surface area contributed by atoms with Crippen LogP contribution in [0.5, 0.6) is 0 Å². The summed E-state index contributed by atoms with van der Waals surface area (Å²) >= 11 is 2.52. The molecule has 1 saturated carbocycles. The van der Waals surface area contributed by atoms with Gasteiger partial charge in [0, 0.05) is 37.9 Å². The molecule has 1 unspecified atom stereocenters. The van der Waals surface area contributed by atoms with Gasteiger partial charge in [-0.15, -0.1) is 21.8 Å². The molecule has 2 aromatic rings. The van der Waals surface area contributed by atoms with E-state index in [1.807, 2.05) is 13.8 Å². The number of carbonyl (C=O) groups excluding carboxylic acids is 2. The average molecular weight is 629 g/mol. The Morgan fingerprint density at radius 2 is 1.86 bits per heavy atom. The molecular weight excluding hydrogens is 591 g/mol. The van der Waals surface area contributed by atoms with Crippen LogP contribution in [0.25, 0.3) is 10.9 Å². The number of nitrogens with zero attached hydrogens (tertiary/aromatic N) is 3. The highest BCUT2D eigenvalue weighted by Crippen LogP contribution is 2.30. The minimum absolute atomic E-state index is 0.118. The number of urea groups is 1. The van der Waals surface area contributed by atoms with E-state index in [1.165, 1.54) is 9.47 Å². The van der Waals surface area contributed by atoms with E-state index >= 15 is 0 Å². The maximum atomic E-state index is 13.1. The zero-order valence-corrected chi connectivity index (χ0v) is 24.8. The zero-order valence-electron chi connectivity index (χ0n) is 21.6. The van der Waals surface area contributed by atoms with Crippen LogP contribution in [-0.2, 0) is 11.3 Å². The number of carbonyl (C=O) groups is 2. The topological polar surface area (TPSA) is 131 Å². The smallest absolute Gasteiger partial charge is 0.331 e. The predicted octanol–water partition coefficient (Wildman–Crippen LogP) is 2.70. The summed E-state index contributed by atoms with van der Waals surface area (Å²) in [4.78, 5) is 51.7. The summed E-state index contributed by atoms with van der Waals surface area (Å²) in [6.07, 6.45) is 2.05. The number of rotatable bonds is 5. The number of hydrogen-bond donors (Lipinski definition) is 3. The van der Waals surface area contributed by atoms with Gasteiger partial charge in [-0.1, -0.05) is 19.6 Å². The van der Waals surface area contributed by atoms with Crippen LogP contribution in [-0.4, -0.2) is 57.2 Å². The summed E-state index contributed by atoms with van der Waals surface area (Å²) in [6.45, 7) is 12.2. The largest absolute Gasteiger partial charge is 0.368 e. The van der Waals surface area contributed by atoms with E-state index in [0.717, 1.165) is 12.8 Å². The first-order valence-electron chi connectivity index (χ1n) is 12.3. The quantitative estimate of drug-likeness (QED) is 0.266. The van der Waals surface area contributed by atoms with Gasteiger partial charge in [-0.3, -0.25) is 18.7 Å². The molecule has 10 nitrogen and oxygen atoms in total. The van der Waals surface area contributed by atoms with Gasteiger partial charge in [0.05, 0.1) is 10.9 Å². The molecule has 12 heteroatoms. The van der Waals surface area contributed by atoms with Crippen molar-refractivity contribution in [3.63, 3.8) is 0 Å². The lowest BCUT2D eigenvalue weighted by atomic mass is 10.2. The van der Waals surface area contributed by atoms with Gasteiger partial charge < -0.3 is 21.3 Å². The third kappa shape index (κ3) is 7.41. The van der Waals surface area contributed by atoms with Crippen LogP contribution in [0.2, 0.25) is 19.6 Å². The number of halogens is 1. The summed E-state index contributed by atoms with van der Waals surface area (Å²) < 4.78 is 2.94. The lowest BCUT2D eigenvalue weighted by molar-refractivity contribution is -0.120. The van der Waals surface area contributed by atoms with Gasteiger partial charge >= 0.3 is 11.7 Å². The number of primary amides is 1. The van der Waals surface area contributed by atoms with Crippen molar-refractivity contribution in [2.75, 3.05) is 25.0 Å². The van der Waals surface area contributed by atoms with E-state index in [0.29, 0.717) is 42.1 Å². The normalized spacial score (nSPS) is 18.1. The SMILES string of the molecule is CC(C)n1c(=O)n(CC2CC2)c(=O)c2cc(NC(=O)N3CCNC(C(N)=O)C3)ccc21.C[Si](C)(C)I. The molecule has 2 fully saturated rings. The molecule has 1 aliphatic heterocycles. The molecule has 2 heterocycles. The Morgan fingerprint density at radius 1 is 1.22 bits per heavy atom. The molecule has 4 rings (SSSR count). The van der Waals surface area contributed by atoms with Crippen molar-refractivity contribution in [3.05, 3.63) is 39.0 Å². The third-order valence-electron chi connectivity index (χ3n) is 5.88. The molecule has 1 aliphatic carbocycles. The van der Waals surface area contributed by atoms with E-state index in [4.69, 9.17) is 5.73 Å². The van der Waals surface area contributed by atoms with Crippen LogP contribution in [0.4, 0.5) is 10.5 Å². The van der Waals surface area contributed by atoms with E-state index in [9.17, 15) is 19.2 Å².